The Balaban J connectivity index is 0.945. The summed E-state index contributed by atoms with van der Waals surface area (Å²) in [7, 11) is 0. The summed E-state index contributed by atoms with van der Waals surface area (Å²) >= 11 is 0. The Bertz CT molecular complexity index is 1530. The van der Waals surface area contributed by atoms with Crippen LogP contribution in [0.1, 0.15) is 22.3 Å². The van der Waals surface area contributed by atoms with E-state index in [0.29, 0.717) is 37.6 Å². The summed E-state index contributed by atoms with van der Waals surface area (Å²) in [6.07, 6.45) is -8.05. The van der Waals surface area contributed by atoms with Gasteiger partial charge in [0.15, 0.2) is 0 Å². The minimum absolute atomic E-state index is 0.00146. The second-order valence-electron chi connectivity index (χ2n) is 10.4. The van der Waals surface area contributed by atoms with Crippen LogP contribution in [0.3, 0.4) is 0 Å². The van der Waals surface area contributed by atoms with Gasteiger partial charge in [-0.15, -0.1) is 20.5 Å². The van der Waals surface area contributed by atoms with Crippen LogP contribution in [0.5, 0.6) is 11.5 Å². The maximum atomic E-state index is 13.1. The van der Waals surface area contributed by atoms with Crippen LogP contribution >= 0.6 is 0 Å². The number of halogens is 6. The summed E-state index contributed by atoms with van der Waals surface area (Å²) in [5.41, 5.74) is -1.20. The van der Waals surface area contributed by atoms with Gasteiger partial charge in [0.25, 0.3) is 0 Å². The third-order valence-corrected chi connectivity index (χ3v) is 7.46. The molecule has 0 bridgehead atoms. The fourth-order valence-corrected chi connectivity index (χ4v) is 4.75. The molecule has 4 aromatic carbocycles. The van der Waals surface area contributed by atoms with Crippen molar-refractivity contribution in [2.24, 2.45) is 20.5 Å². The largest absolute Gasteiger partial charge is 0.493 e. The molecule has 4 aromatic rings. The van der Waals surface area contributed by atoms with E-state index in [-0.39, 0.29) is 11.1 Å². The van der Waals surface area contributed by atoms with Crippen LogP contribution in [0.25, 0.3) is 11.1 Å². The summed E-state index contributed by atoms with van der Waals surface area (Å²) in [4.78, 5) is 0. The lowest BCUT2D eigenvalue weighted by Crippen LogP contribution is -2.30. The highest BCUT2D eigenvalue weighted by molar-refractivity contribution is 5.64. The van der Waals surface area contributed by atoms with E-state index in [1.165, 1.54) is 24.3 Å². The number of nitrogens with zero attached hydrogens (tertiary/aromatic N) is 4. The average Bonchev–Trinajstić information content (AvgIpc) is 3.92. The van der Waals surface area contributed by atoms with Crippen LogP contribution in [0.2, 0.25) is 0 Å². The Morgan fingerprint density at radius 2 is 0.773 bits per heavy atom. The van der Waals surface area contributed by atoms with Crippen molar-refractivity contribution in [3.05, 3.63) is 119 Å². The minimum atomic E-state index is -4.54. The predicted octanol–water partition coefficient (Wildman–Crippen LogP) is 8.96. The van der Waals surface area contributed by atoms with E-state index in [9.17, 15) is 26.3 Å². The monoisotopic (exact) mass is 610 g/mol. The second-order valence-corrected chi connectivity index (χ2v) is 10.4. The highest BCUT2D eigenvalue weighted by atomic mass is 19.4. The van der Waals surface area contributed by atoms with Crippen molar-refractivity contribution in [1.82, 2.24) is 0 Å². The summed E-state index contributed by atoms with van der Waals surface area (Å²) in [5.74, 6) is 1.33. The molecule has 2 aliphatic heterocycles. The fraction of sp³-hybridized carbons (Fsp3) is 0.250. The Labute approximate surface area is 248 Å². The molecule has 0 saturated heterocycles. The van der Waals surface area contributed by atoms with Gasteiger partial charge in [-0.3, -0.25) is 0 Å². The third-order valence-electron chi connectivity index (χ3n) is 7.46. The molecule has 0 radical (unpaired) electrons. The molecular weight excluding hydrogens is 586 g/mol. The minimum Gasteiger partial charge on any atom is -0.493 e. The number of hydrogen-bond donors (Lipinski definition) is 0. The zero-order chi connectivity index (χ0) is 31.0. The molecule has 0 atom stereocenters. The summed E-state index contributed by atoms with van der Waals surface area (Å²) < 4.78 is 90.5. The van der Waals surface area contributed by atoms with E-state index in [2.05, 4.69) is 20.5 Å². The molecule has 0 saturated carbocycles. The number of benzene rings is 4. The lowest BCUT2D eigenvalue weighted by molar-refractivity contribution is -0.166. The Hall–Kier alpha value is -4.74. The van der Waals surface area contributed by atoms with Crippen molar-refractivity contribution < 1.29 is 35.8 Å². The number of hydrogen-bond acceptors (Lipinski definition) is 6. The van der Waals surface area contributed by atoms with Gasteiger partial charge < -0.3 is 9.47 Å². The zero-order valence-corrected chi connectivity index (χ0v) is 22.9. The van der Waals surface area contributed by atoms with Crippen LogP contribution < -0.4 is 9.47 Å². The molecule has 0 amide bonds. The van der Waals surface area contributed by atoms with E-state index < -0.39 is 23.7 Å². The molecule has 0 unspecified atom stereocenters. The van der Waals surface area contributed by atoms with Crippen molar-refractivity contribution in [3.63, 3.8) is 0 Å². The first kappa shape index (κ1) is 29.3. The van der Waals surface area contributed by atoms with Gasteiger partial charge in [-0.25, -0.2) is 0 Å². The SMILES string of the molecule is FC(F)(F)C1(c2ccc(CCOc3ccc(-c4ccc(OCCc5ccc(C6(C(F)(F)F)N=N6)cc5)cc4)cc3)cc2)N=N1. The zero-order valence-electron chi connectivity index (χ0n) is 22.9. The molecule has 2 aliphatic rings. The molecule has 0 spiro atoms. The van der Waals surface area contributed by atoms with Gasteiger partial charge in [0.05, 0.1) is 13.2 Å². The van der Waals surface area contributed by atoms with E-state index in [4.69, 9.17) is 9.47 Å². The smallest absolute Gasteiger partial charge is 0.442 e. The highest BCUT2D eigenvalue weighted by Gasteiger charge is 2.65. The van der Waals surface area contributed by atoms with Gasteiger partial charge in [0, 0.05) is 24.0 Å². The van der Waals surface area contributed by atoms with Crippen molar-refractivity contribution >= 4 is 0 Å². The van der Waals surface area contributed by atoms with Gasteiger partial charge in [-0.2, -0.15) is 26.3 Å². The van der Waals surface area contributed by atoms with Gasteiger partial charge in [0.2, 0.25) is 0 Å². The van der Waals surface area contributed by atoms with E-state index >= 15 is 0 Å². The van der Waals surface area contributed by atoms with Crippen LogP contribution in [-0.4, -0.2) is 25.6 Å². The van der Waals surface area contributed by atoms with E-state index in [1.54, 1.807) is 24.3 Å². The summed E-state index contributed by atoms with van der Waals surface area (Å²) in [5, 5.41) is 12.9. The number of ether oxygens (including phenoxy) is 2. The third kappa shape index (κ3) is 5.88. The first-order chi connectivity index (χ1) is 21.0. The Kier molecular flexibility index (Phi) is 7.38. The molecule has 6 rings (SSSR count). The molecular formula is C32H24F6N4O2. The summed E-state index contributed by atoms with van der Waals surface area (Å²) in [6, 6.07) is 27.2. The van der Waals surface area contributed by atoms with Gasteiger partial charge in [-0.1, -0.05) is 72.8 Å². The first-order valence-electron chi connectivity index (χ1n) is 13.7. The predicted molar refractivity (Wildman–Crippen MR) is 148 cm³/mol. The van der Waals surface area contributed by atoms with Crippen LogP contribution in [0, 0.1) is 0 Å². The first-order valence-corrected chi connectivity index (χ1v) is 13.7. The molecule has 0 aliphatic carbocycles. The van der Waals surface area contributed by atoms with Crippen molar-refractivity contribution in [1.29, 1.82) is 0 Å². The molecule has 0 fully saturated rings. The highest BCUT2D eigenvalue weighted by Crippen LogP contribution is 2.53. The molecule has 2 heterocycles. The van der Waals surface area contributed by atoms with Crippen molar-refractivity contribution in [3.8, 4) is 22.6 Å². The van der Waals surface area contributed by atoms with Gasteiger partial charge in [-0.05, 0) is 46.5 Å². The second kappa shape index (κ2) is 11.1. The van der Waals surface area contributed by atoms with Crippen LogP contribution in [0.4, 0.5) is 26.3 Å². The maximum Gasteiger partial charge on any atom is 0.442 e. The average molecular weight is 611 g/mol. The quantitative estimate of drug-likeness (QED) is 0.159. The lowest BCUT2D eigenvalue weighted by Gasteiger charge is -2.15. The standard InChI is InChI=1S/C32H24F6N4O2/c33-31(34,35)29(39-40-29)25-9-1-21(2-10-25)17-19-43-27-13-5-23(6-14-27)24-7-15-28(16-8-24)44-20-18-22-3-11-26(12-4-22)30(41-42-30)32(36,37)38/h1-16H,17-20H2. The molecule has 12 heteroatoms. The maximum absolute atomic E-state index is 13.1. The topological polar surface area (TPSA) is 67.9 Å². The van der Waals surface area contributed by atoms with Gasteiger partial charge >= 0.3 is 23.7 Å². The fourth-order valence-electron chi connectivity index (χ4n) is 4.75. The molecule has 0 N–H and O–H groups in total. The van der Waals surface area contributed by atoms with E-state index in [0.717, 1.165) is 22.3 Å². The molecule has 0 aromatic heterocycles. The van der Waals surface area contributed by atoms with Crippen LogP contribution in [0.15, 0.2) is 118 Å². The molecule has 226 valence electrons. The molecule has 44 heavy (non-hydrogen) atoms. The Morgan fingerprint density at radius 3 is 1.05 bits per heavy atom. The molecule has 6 nitrogen and oxygen atoms in total. The van der Waals surface area contributed by atoms with Crippen LogP contribution in [-0.2, 0) is 24.2 Å². The van der Waals surface area contributed by atoms with Crippen molar-refractivity contribution in [2.45, 2.75) is 36.5 Å². The summed E-state index contributed by atoms with van der Waals surface area (Å²) in [6.45, 7) is 0.710. The Morgan fingerprint density at radius 1 is 0.455 bits per heavy atom. The lowest BCUT2D eigenvalue weighted by atomic mass is 10.0. The van der Waals surface area contributed by atoms with E-state index in [1.807, 2.05) is 48.5 Å². The number of alkyl halides is 6. The normalized spacial score (nSPS) is 16.0. The van der Waals surface area contributed by atoms with Gasteiger partial charge in [0.1, 0.15) is 11.5 Å². The van der Waals surface area contributed by atoms with Crippen molar-refractivity contribution in [2.75, 3.05) is 13.2 Å². The number of rotatable bonds is 11.